The number of carbonyl (C=O) groups is 3. The van der Waals surface area contributed by atoms with E-state index in [2.05, 4.69) is 16.2 Å². The van der Waals surface area contributed by atoms with Crippen LogP contribution in [0.4, 0.5) is 4.39 Å². The fourth-order valence-corrected chi connectivity index (χ4v) is 2.36. The van der Waals surface area contributed by atoms with Crippen molar-refractivity contribution in [2.75, 3.05) is 13.3 Å². The minimum absolute atomic E-state index is 0.0849. The summed E-state index contributed by atoms with van der Waals surface area (Å²) in [6.45, 7) is 1.10. The maximum absolute atomic E-state index is 13.5. The fourth-order valence-electron chi connectivity index (χ4n) is 2.36. The number of fused-ring (bicyclic) bond motifs is 1. The molecule has 1 atom stereocenters. The number of rotatable bonds is 6. The minimum Gasteiger partial charge on any atom is -0.478 e. The van der Waals surface area contributed by atoms with Crippen LogP contribution in [-0.4, -0.2) is 37.2 Å². The van der Waals surface area contributed by atoms with E-state index in [0.29, 0.717) is 11.5 Å². The predicted octanol–water partition coefficient (Wildman–Crippen LogP) is 0.899. The van der Waals surface area contributed by atoms with Crippen LogP contribution in [0.1, 0.15) is 17.3 Å². The molecule has 3 N–H and O–H groups in total. The highest BCUT2D eigenvalue weighted by molar-refractivity contribution is 5.97. The normalized spacial score (nSPS) is 12.6. The van der Waals surface area contributed by atoms with Crippen LogP contribution in [-0.2, 0) is 9.59 Å². The number of halogens is 1. The molecule has 2 aromatic carbocycles. The molecular formula is C19H18FN3O6. The molecule has 1 aliphatic rings. The molecule has 0 radical (unpaired) electrons. The first-order valence-corrected chi connectivity index (χ1v) is 8.62. The molecule has 9 nitrogen and oxygen atoms in total. The Hall–Kier alpha value is -3.82. The molecular weight excluding hydrogens is 385 g/mol. The molecule has 0 bridgehead atoms. The van der Waals surface area contributed by atoms with Crippen molar-refractivity contribution < 1.29 is 33.0 Å². The van der Waals surface area contributed by atoms with E-state index in [9.17, 15) is 18.8 Å². The fraction of sp³-hybridized carbons (Fsp3) is 0.211. The molecule has 152 valence electrons. The van der Waals surface area contributed by atoms with Gasteiger partial charge in [-0.15, -0.1) is 0 Å². The first kappa shape index (κ1) is 19.9. The second-order valence-corrected chi connectivity index (χ2v) is 5.98. The highest BCUT2D eigenvalue weighted by atomic mass is 19.1. The van der Waals surface area contributed by atoms with Gasteiger partial charge in [0.15, 0.2) is 29.2 Å². The highest BCUT2D eigenvalue weighted by Gasteiger charge is 2.18. The number of carbonyl (C=O) groups excluding carboxylic acids is 3. The van der Waals surface area contributed by atoms with E-state index < -0.39 is 29.6 Å². The Bertz CT molecular complexity index is 936. The predicted molar refractivity (Wildman–Crippen MR) is 97.7 cm³/mol. The van der Waals surface area contributed by atoms with E-state index in [1.54, 1.807) is 12.1 Å². The Kier molecular flexibility index (Phi) is 6.12. The van der Waals surface area contributed by atoms with E-state index >= 15 is 0 Å². The lowest BCUT2D eigenvalue weighted by molar-refractivity contribution is -0.132. The monoisotopic (exact) mass is 403 g/mol. The Morgan fingerprint density at radius 2 is 1.86 bits per heavy atom. The van der Waals surface area contributed by atoms with E-state index in [1.165, 1.54) is 37.3 Å². The molecule has 2 aromatic rings. The van der Waals surface area contributed by atoms with Gasteiger partial charge >= 0.3 is 0 Å². The third-order valence-electron chi connectivity index (χ3n) is 3.88. The smallest absolute Gasteiger partial charge is 0.279 e. The first-order valence-electron chi connectivity index (χ1n) is 8.62. The topological polar surface area (TPSA) is 115 Å². The molecule has 29 heavy (non-hydrogen) atoms. The second-order valence-electron chi connectivity index (χ2n) is 5.98. The third-order valence-corrected chi connectivity index (χ3v) is 3.88. The SMILES string of the molecule is CC(Oc1ccccc1F)C(=O)NNC(=O)CNC(=O)c1ccc2c(c1)OCO2. The van der Waals surface area contributed by atoms with Crippen LogP contribution in [0.2, 0.25) is 0 Å². The lowest BCUT2D eigenvalue weighted by atomic mass is 10.2. The van der Waals surface area contributed by atoms with Gasteiger partial charge in [0.05, 0.1) is 6.54 Å². The van der Waals surface area contributed by atoms with Gasteiger partial charge in [-0.3, -0.25) is 25.2 Å². The Morgan fingerprint density at radius 1 is 1.10 bits per heavy atom. The van der Waals surface area contributed by atoms with Crippen LogP contribution in [0.5, 0.6) is 17.2 Å². The zero-order chi connectivity index (χ0) is 20.8. The number of hydrogen-bond acceptors (Lipinski definition) is 6. The average molecular weight is 403 g/mol. The Labute approximate surface area is 165 Å². The van der Waals surface area contributed by atoms with Crippen LogP contribution >= 0.6 is 0 Å². The molecule has 0 spiro atoms. The molecule has 0 aromatic heterocycles. The summed E-state index contributed by atoms with van der Waals surface area (Å²) in [5, 5.41) is 2.41. The zero-order valence-electron chi connectivity index (χ0n) is 15.4. The number of hydrazine groups is 1. The quantitative estimate of drug-likeness (QED) is 0.618. The molecule has 10 heteroatoms. The van der Waals surface area contributed by atoms with Gasteiger partial charge in [0.1, 0.15) is 0 Å². The average Bonchev–Trinajstić information content (AvgIpc) is 3.19. The molecule has 3 amide bonds. The summed E-state index contributed by atoms with van der Waals surface area (Å²) in [5.41, 5.74) is 4.58. The lowest BCUT2D eigenvalue weighted by Crippen LogP contribution is -2.50. The van der Waals surface area contributed by atoms with Crippen LogP contribution in [0.25, 0.3) is 0 Å². The van der Waals surface area contributed by atoms with E-state index in [0.717, 1.165) is 0 Å². The van der Waals surface area contributed by atoms with Crippen molar-refractivity contribution in [1.82, 2.24) is 16.2 Å². The summed E-state index contributed by atoms with van der Waals surface area (Å²) in [6.07, 6.45) is -1.06. The molecule has 1 heterocycles. The number of amides is 3. The minimum atomic E-state index is -1.06. The Balaban J connectivity index is 1.41. The van der Waals surface area contributed by atoms with Crippen molar-refractivity contribution in [2.24, 2.45) is 0 Å². The molecule has 0 saturated heterocycles. The maximum atomic E-state index is 13.5. The van der Waals surface area contributed by atoms with Gasteiger partial charge in [0, 0.05) is 5.56 Å². The van der Waals surface area contributed by atoms with Gasteiger partial charge in [-0.25, -0.2) is 4.39 Å². The summed E-state index contributed by atoms with van der Waals surface area (Å²) < 4.78 is 29.1. The maximum Gasteiger partial charge on any atom is 0.279 e. The summed E-state index contributed by atoms with van der Waals surface area (Å²) >= 11 is 0. The van der Waals surface area contributed by atoms with Gasteiger partial charge < -0.3 is 19.5 Å². The summed E-state index contributed by atoms with van der Waals surface area (Å²) in [7, 11) is 0. The molecule has 0 saturated carbocycles. The van der Waals surface area contributed by atoms with Crippen molar-refractivity contribution in [3.8, 4) is 17.2 Å². The summed E-state index contributed by atoms with van der Waals surface area (Å²) in [4.78, 5) is 35.9. The number of hydrogen-bond donors (Lipinski definition) is 3. The third kappa shape index (κ3) is 5.12. The standard InChI is InChI=1S/C19H18FN3O6/c1-11(29-14-5-3-2-4-13(14)20)18(25)23-22-17(24)9-21-19(26)12-6-7-15-16(8-12)28-10-27-15/h2-8,11H,9-10H2,1H3,(H,21,26)(H,22,24)(H,23,25). The highest BCUT2D eigenvalue weighted by Crippen LogP contribution is 2.32. The first-order chi connectivity index (χ1) is 13.9. The molecule has 3 rings (SSSR count). The van der Waals surface area contributed by atoms with Crippen molar-refractivity contribution in [2.45, 2.75) is 13.0 Å². The lowest BCUT2D eigenvalue weighted by Gasteiger charge is -2.15. The number of para-hydroxylation sites is 1. The van der Waals surface area contributed by atoms with Crippen molar-refractivity contribution >= 4 is 17.7 Å². The van der Waals surface area contributed by atoms with Crippen molar-refractivity contribution in [3.05, 3.63) is 53.8 Å². The van der Waals surface area contributed by atoms with Gasteiger partial charge in [-0.1, -0.05) is 12.1 Å². The van der Waals surface area contributed by atoms with Crippen LogP contribution in [0.3, 0.4) is 0 Å². The number of benzene rings is 2. The van der Waals surface area contributed by atoms with Gasteiger partial charge in [-0.2, -0.15) is 0 Å². The molecule has 0 aliphatic carbocycles. The van der Waals surface area contributed by atoms with Crippen LogP contribution in [0, 0.1) is 5.82 Å². The van der Waals surface area contributed by atoms with E-state index in [1.807, 2.05) is 0 Å². The van der Waals surface area contributed by atoms with Crippen molar-refractivity contribution in [3.63, 3.8) is 0 Å². The number of nitrogens with one attached hydrogen (secondary N) is 3. The largest absolute Gasteiger partial charge is 0.478 e. The molecule has 0 fully saturated rings. The second kappa shape index (κ2) is 8.91. The molecule has 1 aliphatic heterocycles. The van der Waals surface area contributed by atoms with E-state index in [4.69, 9.17) is 14.2 Å². The zero-order valence-corrected chi connectivity index (χ0v) is 15.4. The van der Waals surface area contributed by atoms with Gasteiger partial charge in [0.25, 0.3) is 17.7 Å². The van der Waals surface area contributed by atoms with Gasteiger partial charge in [0.2, 0.25) is 6.79 Å². The Morgan fingerprint density at radius 3 is 2.66 bits per heavy atom. The van der Waals surface area contributed by atoms with E-state index in [-0.39, 0.29) is 24.7 Å². The van der Waals surface area contributed by atoms with Crippen molar-refractivity contribution in [1.29, 1.82) is 0 Å². The summed E-state index contributed by atoms with van der Waals surface area (Å²) in [6, 6.07) is 10.3. The van der Waals surface area contributed by atoms with Crippen LogP contribution < -0.4 is 30.4 Å². The molecule has 1 unspecified atom stereocenters. The summed E-state index contributed by atoms with van der Waals surface area (Å²) in [5.74, 6) is -1.57. The number of ether oxygens (including phenoxy) is 3. The van der Waals surface area contributed by atoms with Crippen LogP contribution in [0.15, 0.2) is 42.5 Å². The van der Waals surface area contributed by atoms with Gasteiger partial charge in [-0.05, 0) is 37.3 Å².